The number of nitrogens with two attached hydrogens (primary N) is 1. The summed E-state index contributed by atoms with van der Waals surface area (Å²) in [5.41, 5.74) is 10.5. The lowest BCUT2D eigenvalue weighted by molar-refractivity contribution is 0.308. The number of nitrogens with zero attached hydrogens (tertiary/aromatic N) is 2. The van der Waals surface area contributed by atoms with Gasteiger partial charge in [-0.25, -0.2) is 0 Å². The minimum atomic E-state index is -0.0738. The molecule has 20 heavy (non-hydrogen) atoms. The molecular formula is C15H17Cl2N3. The molecule has 3 rings (SSSR count). The van der Waals surface area contributed by atoms with E-state index in [1.807, 2.05) is 13.0 Å². The van der Waals surface area contributed by atoms with Crippen LogP contribution in [0.25, 0.3) is 10.9 Å². The van der Waals surface area contributed by atoms with E-state index in [4.69, 9.17) is 33.9 Å². The van der Waals surface area contributed by atoms with Gasteiger partial charge in [0.15, 0.2) is 0 Å². The molecule has 0 amide bonds. The van der Waals surface area contributed by atoms with E-state index in [9.17, 15) is 0 Å². The van der Waals surface area contributed by atoms with Gasteiger partial charge in [0.05, 0.1) is 10.5 Å². The molecule has 0 aliphatic carbocycles. The summed E-state index contributed by atoms with van der Waals surface area (Å²) < 4.78 is 0. The average molecular weight is 310 g/mol. The summed E-state index contributed by atoms with van der Waals surface area (Å²) in [6.45, 7) is 3.88. The van der Waals surface area contributed by atoms with Crippen molar-refractivity contribution < 1.29 is 0 Å². The van der Waals surface area contributed by atoms with E-state index in [0.717, 1.165) is 41.7 Å². The Hall–Kier alpha value is -0.870. The third kappa shape index (κ3) is 2.29. The zero-order valence-electron chi connectivity index (χ0n) is 11.6. The zero-order chi connectivity index (χ0) is 14.4. The van der Waals surface area contributed by atoms with Crippen molar-refractivity contribution in [2.24, 2.45) is 5.73 Å². The molecule has 2 heterocycles. The molecular weight excluding hydrogens is 293 g/mol. The second-order valence-electron chi connectivity index (χ2n) is 5.51. The number of pyridine rings is 1. The second-order valence-corrected chi connectivity index (χ2v) is 6.35. The van der Waals surface area contributed by atoms with Gasteiger partial charge < -0.3 is 10.6 Å². The predicted molar refractivity (Wildman–Crippen MR) is 84.4 cm³/mol. The first kappa shape index (κ1) is 14.1. The first-order valence-corrected chi connectivity index (χ1v) is 7.47. The quantitative estimate of drug-likeness (QED) is 0.876. The number of likely N-dealkylation sites (N-methyl/N-ethyl adjacent to an activating group) is 1. The molecule has 3 nitrogen and oxygen atoms in total. The molecule has 0 saturated carbocycles. The molecule has 106 valence electrons. The Morgan fingerprint density at radius 1 is 1.35 bits per heavy atom. The van der Waals surface area contributed by atoms with Gasteiger partial charge in [-0.1, -0.05) is 23.2 Å². The highest BCUT2D eigenvalue weighted by molar-refractivity contribution is 6.38. The molecule has 1 aromatic heterocycles. The number of aromatic nitrogens is 1. The number of hydrogen-bond donors (Lipinski definition) is 1. The fourth-order valence-electron chi connectivity index (χ4n) is 2.95. The van der Waals surface area contributed by atoms with Crippen LogP contribution in [0.2, 0.25) is 10.0 Å². The highest BCUT2D eigenvalue weighted by atomic mass is 35.5. The van der Waals surface area contributed by atoms with Crippen molar-refractivity contribution in [1.29, 1.82) is 0 Å². The average Bonchev–Trinajstić information content (AvgIpc) is 2.36. The minimum absolute atomic E-state index is 0.0738. The summed E-state index contributed by atoms with van der Waals surface area (Å²) in [6.07, 6.45) is 0.931. The van der Waals surface area contributed by atoms with Crippen molar-refractivity contribution in [3.8, 4) is 0 Å². The lowest BCUT2D eigenvalue weighted by Crippen LogP contribution is -2.29. The molecule has 1 atom stereocenters. The largest absolute Gasteiger partial charge is 0.324 e. The molecule has 1 aliphatic heterocycles. The van der Waals surface area contributed by atoms with Gasteiger partial charge in [0, 0.05) is 41.7 Å². The van der Waals surface area contributed by atoms with E-state index in [0.29, 0.717) is 10.0 Å². The monoisotopic (exact) mass is 309 g/mol. The molecule has 0 saturated heterocycles. The zero-order valence-corrected chi connectivity index (χ0v) is 13.1. The van der Waals surface area contributed by atoms with Crippen LogP contribution in [-0.2, 0) is 13.0 Å². The van der Waals surface area contributed by atoms with Crippen LogP contribution >= 0.6 is 23.2 Å². The van der Waals surface area contributed by atoms with Crippen molar-refractivity contribution in [3.63, 3.8) is 0 Å². The molecule has 2 aromatic rings. The maximum Gasteiger partial charge on any atom is 0.0896 e. The van der Waals surface area contributed by atoms with Crippen molar-refractivity contribution in [1.82, 2.24) is 9.88 Å². The molecule has 0 fully saturated rings. The molecule has 2 N–H and O–H groups in total. The summed E-state index contributed by atoms with van der Waals surface area (Å²) in [4.78, 5) is 7.05. The highest BCUT2D eigenvalue weighted by Gasteiger charge is 2.23. The summed E-state index contributed by atoms with van der Waals surface area (Å²) >= 11 is 12.5. The Morgan fingerprint density at radius 3 is 2.80 bits per heavy atom. The van der Waals surface area contributed by atoms with Crippen LogP contribution in [0.15, 0.2) is 12.1 Å². The van der Waals surface area contributed by atoms with Gasteiger partial charge in [0.1, 0.15) is 0 Å². The van der Waals surface area contributed by atoms with Crippen molar-refractivity contribution in [2.75, 3.05) is 13.6 Å². The fraction of sp³-hybridized carbons (Fsp3) is 0.400. The SMILES string of the molecule is CC(N)c1c2c(nc3c(Cl)cc(Cl)cc13)CCN(C)C2. The van der Waals surface area contributed by atoms with E-state index in [2.05, 4.69) is 11.9 Å². The Labute approximate surface area is 128 Å². The topological polar surface area (TPSA) is 42.1 Å². The standard InChI is InChI=1S/C15H17Cl2N3/c1-8(18)14-10-5-9(16)6-12(17)15(10)19-13-3-4-20(2)7-11(13)14/h5-6,8H,3-4,7,18H2,1-2H3. The molecule has 5 heteroatoms. The molecule has 0 spiro atoms. The van der Waals surface area contributed by atoms with Crippen LogP contribution in [0.1, 0.15) is 29.8 Å². The second kappa shape index (κ2) is 5.15. The molecule has 0 bridgehead atoms. The Balaban J connectivity index is 2.39. The van der Waals surface area contributed by atoms with Crippen LogP contribution in [-0.4, -0.2) is 23.5 Å². The van der Waals surface area contributed by atoms with E-state index < -0.39 is 0 Å². The summed E-state index contributed by atoms with van der Waals surface area (Å²) in [7, 11) is 2.11. The van der Waals surface area contributed by atoms with Crippen LogP contribution in [0.3, 0.4) is 0 Å². The van der Waals surface area contributed by atoms with Gasteiger partial charge in [0.2, 0.25) is 0 Å². The van der Waals surface area contributed by atoms with E-state index in [1.165, 1.54) is 5.56 Å². The van der Waals surface area contributed by atoms with Gasteiger partial charge in [-0.3, -0.25) is 4.98 Å². The highest BCUT2D eigenvalue weighted by Crippen LogP contribution is 2.35. The van der Waals surface area contributed by atoms with Gasteiger partial charge in [-0.2, -0.15) is 0 Å². The lowest BCUT2D eigenvalue weighted by atomic mass is 9.92. The Bertz CT molecular complexity index is 683. The van der Waals surface area contributed by atoms with Crippen molar-refractivity contribution >= 4 is 34.1 Å². The molecule has 1 unspecified atom stereocenters. The van der Waals surface area contributed by atoms with Crippen molar-refractivity contribution in [2.45, 2.75) is 25.9 Å². The maximum atomic E-state index is 6.31. The normalized spacial score (nSPS) is 17.2. The molecule has 0 radical (unpaired) electrons. The lowest BCUT2D eigenvalue weighted by Gasteiger charge is -2.28. The number of benzene rings is 1. The van der Waals surface area contributed by atoms with E-state index in [1.54, 1.807) is 6.07 Å². The maximum absolute atomic E-state index is 6.31. The minimum Gasteiger partial charge on any atom is -0.324 e. The summed E-state index contributed by atoms with van der Waals surface area (Å²) in [6, 6.07) is 3.59. The van der Waals surface area contributed by atoms with Crippen LogP contribution in [0, 0.1) is 0 Å². The van der Waals surface area contributed by atoms with Gasteiger partial charge in [-0.15, -0.1) is 0 Å². The van der Waals surface area contributed by atoms with Gasteiger partial charge in [-0.05, 0) is 37.2 Å². The van der Waals surface area contributed by atoms with Crippen LogP contribution in [0.5, 0.6) is 0 Å². The van der Waals surface area contributed by atoms with Gasteiger partial charge in [0.25, 0.3) is 0 Å². The summed E-state index contributed by atoms with van der Waals surface area (Å²) in [5, 5.41) is 2.19. The Kier molecular flexibility index (Phi) is 3.63. The number of rotatable bonds is 1. The number of fused-ring (bicyclic) bond motifs is 2. The van der Waals surface area contributed by atoms with Crippen LogP contribution < -0.4 is 5.73 Å². The van der Waals surface area contributed by atoms with E-state index in [-0.39, 0.29) is 6.04 Å². The third-order valence-electron chi connectivity index (χ3n) is 3.85. The number of halogens is 2. The Morgan fingerprint density at radius 2 is 2.10 bits per heavy atom. The van der Waals surface area contributed by atoms with Gasteiger partial charge >= 0.3 is 0 Å². The number of hydrogen-bond acceptors (Lipinski definition) is 3. The van der Waals surface area contributed by atoms with Crippen LogP contribution in [0.4, 0.5) is 0 Å². The smallest absolute Gasteiger partial charge is 0.0896 e. The fourth-order valence-corrected chi connectivity index (χ4v) is 3.49. The predicted octanol–water partition coefficient (Wildman–Crippen LogP) is 3.55. The summed E-state index contributed by atoms with van der Waals surface area (Å²) in [5.74, 6) is 0. The third-order valence-corrected chi connectivity index (χ3v) is 4.36. The van der Waals surface area contributed by atoms with Crippen molar-refractivity contribution in [3.05, 3.63) is 39.0 Å². The van der Waals surface area contributed by atoms with E-state index >= 15 is 0 Å². The molecule has 1 aromatic carbocycles. The molecule has 1 aliphatic rings. The first-order valence-electron chi connectivity index (χ1n) is 6.72. The first-order chi connectivity index (χ1) is 9.47.